The highest BCUT2D eigenvalue weighted by atomic mass is 32.1. The molecule has 0 saturated heterocycles. The van der Waals surface area contributed by atoms with Gasteiger partial charge in [0.2, 0.25) is 0 Å². The van der Waals surface area contributed by atoms with Gasteiger partial charge in [0.05, 0.1) is 32.7 Å². The number of benzene rings is 2. The van der Waals surface area contributed by atoms with Gasteiger partial charge >= 0.3 is 0 Å². The largest absolute Gasteiger partial charge is 0.497 e. The van der Waals surface area contributed by atoms with Gasteiger partial charge in [-0.1, -0.05) is 5.21 Å². The highest BCUT2D eigenvalue weighted by Crippen LogP contribution is 2.33. The fourth-order valence-electron chi connectivity index (χ4n) is 2.82. The molecule has 0 saturated carbocycles. The van der Waals surface area contributed by atoms with Gasteiger partial charge in [0.1, 0.15) is 22.3 Å². The molecule has 0 unspecified atom stereocenters. The number of nitrogens with zero attached hydrogens (tertiary/aromatic N) is 4. The summed E-state index contributed by atoms with van der Waals surface area (Å²) in [6.07, 6.45) is 0. The lowest BCUT2D eigenvalue weighted by Crippen LogP contribution is -2.03. The first kappa shape index (κ1) is 18.8. The highest BCUT2D eigenvalue weighted by molar-refractivity contribution is 7.13. The third kappa shape index (κ3) is 3.59. The van der Waals surface area contributed by atoms with E-state index in [1.54, 1.807) is 27.4 Å². The molecule has 0 spiro atoms. The minimum absolute atomic E-state index is 0.385. The second kappa shape index (κ2) is 7.80. The van der Waals surface area contributed by atoms with E-state index >= 15 is 0 Å². The SMILES string of the molecule is COc1ccc(-c2csc(-c3nnn(-c4cc(OC)cc(OC)c4)c3N)n2)cc1. The van der Waals surface area contributed by atoms with Gasteiger partial charge in [-0.3, -0.25) is 0 Å². The van der Waals surface area contributed by atoms with Crippen molar-refractivity contribution in [2.24, 2.45) is 0 Å². The fourth-order valence-corrected chi connectivity index (χ4v) is 3.64. The van der Waals surface area contributed by atoms with Gasteiger partial charge in [-0.2, -0.15) is 4.68 Å². The molecule has 0 aliphatic rings. The predicted octanol–water partition coefficient (Wildman–Crippen LogP) is 3.67. The Morgan fingerprint density at radius 3 is 2.17 bits per heavy atom. The Labute approximate surface area is 171 Å². The molecule has 9 heteroatoms. The van der Waals surface area contributed by atoms with E-state index in [1.165, 1.54) is 16.0 Å². The van der Waals surface area contributed by atoms with Crippen LogP contribution in [0.3, 0.4) is 0 Å². The molecule has 8 nitrogen and oxygen atoms in total. The minimum Gasteiger partial charge on any atom is -0.497 e. The second-order valence-electron chi connectivity index (χ2n) is 6.07. The van der Waals surface area contributed by atoms with Crippen molar-refractivity contribution >= 4 is 17.2 Å². The van der Waals surface area contributed by atoms with Crippen LogP contribution < -0.4 is 19.9 Å². The van der Waals surface area contributed by atoms with Crippen LogP contribution in [0.5, 0.6) is 17.2 Å². The van der Waals surface area contributed by atoms with Gasteiger partial charge in [-0.25, -0.2) is 4.98 Å². The number of rotatable bonds is 6. The van der Waals surface area contributed by atoms with Crippen LogP contribution in [0, 0.1) is 0 Å². The van der Waals surface area contributed by atoms with Crippen molar-refractivity contribution in [3.63, 3.8) is 0 Å². The molecule has 29 heavy (non-hydrogen) atoms. The van der Waals surface area contributed by atoms with Crippen molar-refractivity contribution < 1.29 is 14.2 Å². The number of hydrogen-bond acceptors (Lipinski definition) is 8. The smallest absolute Gasteiger partial charge is 0.165 e. The fraction of sp³-hybridized carbons (Fsp3) is 0.150. The number of methoxy groups -OCH3 is 3. The first-order valence-corrected chi connectivity index (χ1v) is 9.56. The lowest BCUT2D eigenvalue weighted by atomic mass is 10.2. The summed E-state index contributed by atoms with van der Waals surface area (Å²) in [6, 6.07) is 13.1. The van der Waals surface area contributed by atoms with Gasteiger partial charge in [0.15, 0.2) is 11.5 Å². The number of thiazole rings is 1. The zero-order chi connectivity index (χ0) is 20.4. The molecule has 0 atom stereocenters. The lowest BCUT2D eigenvalue weighted by molar-refractivity contribution is 0.394. The van der Waals surface area contributed by atoms with Crippen LogP contribution >= 0.6 is 11.3 Å². The summed E-state index contributed by atoms with van der Waals surface area (Å²) in [5.74, 6) is 2.44. The summed E-state index contributed by atoms with van der Waals surface area (Å²) in [5.41, 5.74) is 9.37. The Hall–Kier alpha value is -3.59. The van der Waals surface area contributed by atoms with E-state index in [0.29, 0.717) is 33.7 Å². The van der Waals surface area contributed by atoms with Gasteiger partial charge < -0.3 is 19.9 Å². The molecular weight excluding hydrogens is 390 g/mol. The van der Waals surface area contributed by atoms with Crippen LogP contribution in [0.1, 0.15) is 0 Å². The Bertz CT molecular complexity index is 1120. The molecular formula is C20H19N5O3S. The minimum atomic E-state index is 0.385. The Balaban J connectivity index is 1.68. The summed E-state index contributed by atoms with van der Waals surface area (Å²) in [5, 5.41) is 11.1. The molecule has 148 valence electrons. The maximum Gasteiger partial charge on any atom is 0.165 e. The van der Waals surface area contributed by atoms with Crippen molar-refractivity contribution in [2.45, 2.75) is 0 Å². The zero-order valence-corrected chi connectivity index (χ0v) is 16.9. The van der Waals surface area contributed by atoms with E-state index in [-0.39, 0.29) is 0 Å². The Morgan fingerprint density at radius 1 is 0.897 bits per heavy atom. The third-order valence-electron chi connectivity index (χ3n) is 4.38. The molecule has 2 aromatic heterocycles. The van der Waals surface area contributed by atoms with Crippen LogP contribution in [0.15, 0.2) is 47.8 Å². The topological polar surface area (TPSA) is 97.3 Å². The van der Waals surface area contributed by atoms with E-state index in [2.05, 4.69) is 15.3 Å². The summed E-state index contributed by atoms with van der Waals surface area (Å²) in [7, 11) is 4.82. The van der Waals surface area contributed by atoms with Crippen LogP contribution in [-0.2, 0) is 0 Å². The van der Waals surface area contributed by atoms with Gasteiger partial charge in [0.25, 0.3) is 0 Å². The molecule has 0 aliphatic carbocycles. The molecule has 0 bridgehead atoms. The maximum atomic E-state index is 6.34. The quantitative estimate of drug-likeness (QED) is 0.519. The van der Waals surface area contributed by atoms with Crippen LogP contribution in [0.2, 0.25) is 0 Å². The Morgan fingerprint density at radius 2 is 1.55 bits per heavy atom. The Kier molecular flexibility index (Phi) is 5.05. The average Bonchev–Trinajstić information content (AvgIpc) is 3.40. The van der Waals surface area contributed by atoms with E-state index in [1.807, 2.05) is 41.8 Å². The number of hydrogen-bond donors (Lipinski definition) is 1. The second-order valence-corrected chi connectivity index (χ2v) is 6.93. The average molecular weight is 409 g/mol. The molecule has 2 aromatic carbocycles. The van der Waals surface area contributed by atoms with E-state index in [9.17, 15) is 0 Å². The standard InChI is InChI=1S/C20H19N5O3S/c1-26-14-6-4-12(5-7-14)17-11-29-20(22-17)18-19(21)25(24-23-18)13-8-15(27-2)10-16(9-13)28-3/h4-11H,21H2,1-3H3. The van der Waals surface area contributed by atoms with E-state index in [4.69, 9.17) is 19.9 Å². The van der Waals surface area contributed by atoms with E-state index < -0.39 is 0 Å². The van der Waals surface area contributed by atoms with Crippen molar-refractivity contribution in [1.82, 2.24) is 20.0 Å². The van der Waals surface area contributed by atoms with Crippen molar-refractivity contribution in [1.29, 1.82) is 0 Å². The molecule has 2 heterocycles. The first-order chi connectivity index (χ1) is 14.1. The van der Waals surface area contributed by atoms with Crippen LogP contribution in [-0.4, -0.2) is 41.3 Å². The van der Waals surface area contributed by atoms with Crippen LogP contribution in [0.25, 0.3) is 27.6 Å². The molecule has 0 aliphatic heterocycles. The lowest BCUT2D eigenvalue weighted by Gasteiger charge is -2.09. The normalized spacial score (nSPS) is 10.7. The summed E-state index contributed by atoms with van der Waals surface area (Å²) in [4.78, 5) is 4.67. The van der Waals surface area contributed by atoms with Gasteiger partial charge in [-0.05, 0) is 24.3 Å². The number of nitrogens with two attached hydrogens (primary N) is 1. The molecule has 0 fully saturated rings. The summed E-state index contributed by atoms with van der Waals surface area (Å²) < 4.78 is 17.4. The first-order valence-electron chi connectivity index (χ1n) is 8.68. The zero-order valence-electron chi connectivity index (χ0n) is 16.1. The summed E-state index contributed by atoms with van der Waals surface area (Å²) in [6.45, 7) is 0. The molecule has 0 radical (unpaired) electrons. The summed E-state index contributed by atoms with van der Waals surface area (Å²) >= 11 is 1.46. The van der Waals surface area contributed by atoms with Crippen molar-refractivity contribution in [2.75, 3.05) is 27.1 Å². The van der Waals surface area contributed by atoms with Gasteiger partial charge in [-0.15, -0.1) is 16.4 Å². The number of aromatic nitrogens is 4. The van der Waals surface area contributed by atoms with Gasteiger partial charge in [0, 0.05) is 29.1 Å². The van der Waals surface area contributed by atoms with Crippen molar-refractivity contribution in [3.8, 4) is 44.9 Å². The molecule has 4 aromatic rings. The monoisotopic (exact) mass is 409 g/mol. The molecule has 2 N–H and O–H groups in total. The number of nitrogen functional groups attached to an aromatic ring is 1. The predicted molar refractivity (Wildman–Crippen MR) is 112 cm³/mol. The molecule has 0 amide bonds. The molecule has 4 rings (SSSR count). The highest BCUT2D eigenvalue weighted by Gasteiger charge is 2.18. The number of ether oxygens (including phenoxy) is 3. The third-order valence-corrected chi connectivity index (χ3v) is 5.23. The number of anilines is 1. The van der Waals surface area contributed by atoms with Crippen molar-refractivity contribution in [3.05, 3.63) is 47.8 Å². The maximum absolute atomic E-state index is 6.34. The van der Waals surface area contributed by atoms with E-state index in [0.717, 1.165) is 17.0 Å². The van der Waals surface area contributed by atoms with Crippen LogP contribution in [0.4, 0.5) is 5.82 Å².